The van der Waals surface area contributed by atoms with Crippen LogP contribution in [-0.4, -0.2) is 0 Å². The fourth-order valence-electron chi connectivity index (χ4n) is 6.95. The van der Waals surface area contributed by atoms with Crippen LogP contribution >= 0.6 is 17.0 Å². The van der Waals surface area contributed by atoms with Crippen molar-refractivity contribution in [3.63, 3.8) is 0 Å². The third-order valence-electron chi connectivity index (χ3n) is 9.47. The van der Waals surface area contributed by atoms with Crippen molar-refractivity contribution in [3.05, 3.63) is 218 Å². The van der Waals surface area contributed by atoms with E-state index in [2.05, 4.69) is 232 Å². The van der Waals surface area contributed by atoms with Gasteiger partial charge < -0.3 is 9.99 Å². The normalized spacial score (nSPS) is 12.6. The molecule has 4 nitrogen and oxygen atoms in total. The molecule has 54 heavy (non-hydrogen) atoms. The van der Waals surface area contributed by atoms with Crippen LogP contribution in [0.1, 0.15) is 0 Å². The highest BCUT2D eigenvalue weighted by Gasteiger charge is 2.39. The second-order valence-corrected chi connectivity index (χ2v) is 16.1. The third kappa shape index (κ3) is 6.86. The van der Waals surface area contributed by atoms with Crippen molar-refractivity contribution in [3.8, 4) is 11.1 Å². The molecule has 8 aromatic rings. The highest BCUT2D eigenvalue weighted by Crippen LogP contribution is 2.64. The first-order valence-electron chi connectivity index (χ1n) is 18.1. The molecule has 1 aliphatic rings. The molecule has 260 valence electrons. The summed E-state index contributed by atoms with van der Waals surface area (Å²) in [6, 6.07) is 78.2. The second kappa shape index (κ2) is 15.4. The monoisotopic (exact) mass is 732 g/mol. The average molecular weight is 733 g/mol. The molecule has 8 aromatic carbocycles. The molecule has 1 N–H and O–H groups in total. The van der Waals surface area contributed by atoms with Crippen molar-refractivity contribution in [2.45, 2.75) is 0 Å². The summed E-state index contributed by atoms with van der Waals surface area (Å²) >= 11 is 0. The maximum absolute atomic E-state index is 3.66. The molecule has 0 saturated carbocycles. The van der Waals surface area contributed by atoms with Gasteiger partial charge >= 0.3 is 0 Å². The van der Waals surface area contributed by atoms with Crippen LogP contribution in [0, 0.1) is 0 Å². The zero-order valence-electron chi connectivity index (χ0n) is 29.6. The van der Waals surface area contributed by atoms with E-state index in [1.807, 2.05) is 6.07 Å². The van der Waals surface area contributed by atoms with Crippen LogP contribution in [-0.2, 0) is 0 Å². The number of nitrogens with zero attached hydrogens (tertiary/aromatic N) is 3. The van der Waals surface area contributed by atoms with Crippen molar-refractivity contribution < 1.29 is 0 Å². The van der Waals surface area contributed by atoms with Gasteiger partial charge in [-0.2, -0.15) is 0 Å². The highest BCUT2D eigenvalue weighted by molar-refractivity contribution is 7.70. The lowest BCUT2D eigenvalue weighted by molar-refractivity contribution is 1.41. The Morgan fingerprint density at radius 1 is 0.444 bits per heavy atom. The van der Waals surface area contributed by atoms with Gasteiger partial charge in [0.25, 0.3) is 0 Å². The van der Waals surface area contributed by atoms with Crippen molar-refractivity contribution >= 4 is 73.1 Å². The van der Waals surface area contributed by atoms with Gasteiger partial charge in [0, 0.05) is 36.8 Å². The summed E-state index contributed by atoms with van der Waals surface area (Å²) in [5.41, 5.74) is 11.6. The van der Waals surface area contributed by atoms with Crippen LogP contribution < -0.4 is 29.9 Å². The number of hydrogen-bond acceptors (Lipinski definition) is 4. The van der Waals surface area contributed by atoms with E-state index in [1.165, 1.54) is 44.5 Å². The predicted octanol–water partition coefficient (Wildman–Crippen LogP) is 13.1. The molecule has 1 heterocycles. The number of nitrogens with one attached hydrogen (secondary N) is 1. The molecule has 0 amide bonds. The zero-order chi connectivity index (χ0) is 36.1. The molecule has 0 bridgehead atoms. The SMILES string of the molecule is c1ccc(Nc2ccccc2N(Pc2ccc(-c3cccc(P4N(c5ccccc5)c5ccccc5N4c4ccccc4)c3)cc2)c2ccccc2)cc1. The number of para-hydroxylation sites is 8. The molecule has 0 spiro atoms. The van der Waals surface area contributed by atoms with Gasteiger partial charge in [-0.25, -0.2) is 0 Å². The van der Waals surface area contributed by atoms with E-state index < -0.39 is 8.22 Å². The Kier molecular flexibility index (Phi) is 9.61. The van der Waals surface area contributed by atoms with E-state index in [1.54, 1.807) is 0 Å². The maximum Gasteiger partial charge on any atom is 0.138 e. The van der Waals surface area contributed by atoms with Gasteiger partial charge in [-0.3, -0.25) is 9.34 Å². The quantitative estimate of drug-likeness (QED) is 0.141. The topological polar surface area (TPSA) is 21.8 Å². The Hall–Kier alpha value is -6.18. The zero-order valence-corrected chi connectivity index (χ0v) is 31.5. The smallest absolute Gasteiger partial charge is 0.138 e. The Labute approximate surface area is 320 Å². The van der Waals surface area contributed by atoms with E-state index in [0.717, 1.165) is 22.7 Å². The molecule has 0 fully saturated rings. The van der Waals surface area contributed by atoms with Crippen molar-refractivity contribution in [1.82, 2.24) is 0 Å². The Bertz CT molecular complexity index is 2400. The summed E-state index contributed by atoms with van der Waals surface area (Å²) in [5.74, 6) is 0. The maximum atomic E-state index is 3.66. The van der Waals surface area contributed by atoms with Crippen LogP contribution in [0.5, 0.6) is 0 Å². The standard InChI is InChI=1S/C48H38N4P2/c1-5-19-39(20-6-1)49-45-28-13-14-29-46(45)50(40-21-7-2-8-22-40)53-43-34-32-37(33-35-43)38-18-17-27-44(36-38)54-51(41-23-9-3-10-24-41)47-30-15-16-31-48(47)52(54)42-25-11-4-12-26-42/h1-36,49,53H. The average Bonchev–Trinajstić information content (AvgIpc) is 3.60. The first-order chi connectivity index (χ1) is 26.8. The van der Waals surface area contributed by atoms with Crippen LogP contribution in [0.25, 0.3) is 11.1 Å². The molecule has 1 aliphatic heterocycles. The molecule has 0 radical (unpaired) electrons. The lowest BCUT2D eigenvalue weighted by atomic mass is 10.1. The largest absolute Gasteiger partial charge is 0.354 e. The lowest BCUT2D eigenvalue weighted by Crippen LogP contribution is -2.22. The third-order valence-corrected chi connectivity index (χ3v) is 13.2. The predicted molar refractivity (Wildman–Crippen MR) is 235 cm³/mol. The van der Waals surface area contributed by atoms with Crippen molar-refractivity contribution in [2.24, 2.45) is 0 Å². The molecule has 0 aromatic heterocycles. The van der Waals surface area contributed by atoms with Gasteiger partial charge in [0.05, 0.1) is 22.7 Å². The molecule has 1 atom stereocenters. The van der Waals surface area contributed by atoms with E-state index in [4.69, 9.17) is 0 Å². The summed E-state index contributed by atoms with van der Waals surface area (Å²) in [4.78, 5) is 0. The van der Waals surface area contributed by atoms with E-state index in [0.29, 0.717) is 8.73 Å². The van der Waals surface area contributed by atoms with E-state index >= 15 is 0 Å². The summed E-state index contributed by atoms with van der Waals surface area (Å²) in [7, 11) is -0.600. The summed E-state index contributed by atoms with van der Waals surface area (Å²) in [6.07, 6.45) is 0. The van der Waals surface area contributed by atoms with Crippen LogP contribution in [0.15, 0.2) is 218 Å². The number of hydrogen-bond donors (Lipinski definition) is 1. The van der Waals surface area contributed by atoms with Crippen LogP contribution in [0.2, 0.25) is 0 Å². The van der Waals surface area contributed by atoms with Gasteiger partial charge in [-0.05, 0) is 95.3 Å². The van der Waals surface area contributed by atoms with Gasteiger partial charge in [0.15, 0.2) is 0 Å². The Balaban J connectivity index is 1.05. The first kappa shape index (κ1) is 33.6. The Morgan fingerprint density at radius 3 is 1.61 bits per heavy atom. The summed E-state index contributed by atoms with van der Waals surface area (Å²) < 4.78 is 7.48. The summed E-state index contributed by atoms with van der Waals surface area (Å²) in [6.45, 7) is 0. The molecule has 9 rings (SSSR count). The molecule has 1 unspecified atom stereocenters. The second-order valence-electron chi connectivity index (χ2n) is 13.0. The van der Waals surface area contributed by atoms with E-state index in [9.17, 15) is 0 Å². The molecule has 0 saturated heterocycles. The number of benzene rings is 8. The van der Waals surface area contributed by atoms with Crippen LogP contribution in [0.4, 0.5) is 45.5 Å². The van der Waals surface area contributed by atoms with Gasteiger partial charge in [0.2, 0.25) is 0 Å². The summed E-state index contributed by atoms with van der Waals surface area (Å²) in [5, 5.41) is 6.20. The fourth-order valence-corrected chi connectivity index (χ4v) is 10.7. The minimum Gasteiger partial charge on any atom is -0.354 e. The van der Waals surface area contributed by atoms with Gasteiger partial charge in [0.1, 0.15) is 8.22 Å². The minimum atomic E-state index is -0.989. The molecule has 0 aliphatic carbocycles. The molecular weight excluding hydrogens is 695 g/mol. The Morgan fingerprint density at radius 2 is 0.981 bits per heavy atom. The molecular formula is C48H38N4P2. The van der Waals surface area contributed by atoms with Crippen molar-refractivity contribution in [2.75, 3.05) is 19.3 Å². The van der Waals surface area contributed by atoms with Gasteiger partial charge in [-0.15, -0.1) is 0 Å². The minimum absolute atomic E-state index is 0.389. The highest BCUT2D eigenvalue weighted by atomic mass is 31.1. The lowest BCUT2D eigenvalue weighted by Gasteiger charge is -2.33. The van der Waals surface area contributed by atoms with Crippen molar-refractivity contribution in [1.29, 1.82) is 0 Å². The van der Waals surface area contributed by atoms with E-state index in [-0.39, 0.29) is 0 Å². The van der Waals surface area contributed by atoms with Gasteiger partial charge in [-0.1, -0.05) is 140 Å². The first-order valence-corrected chi connectivity index (χ1v) is 20.3. The fraction of sp³-hybridized carbons (Fsp3) is 0. The number of anilines is 8. The van der Waals surface area contributed by atoms with Crippen LogP contribution in [0.3, 0.4) is 0 Å². The number of rotatable bonds is 10. The number of fused-ring (bicyclic) bond motifs is 1. The molecule has 6 heteroatoms.